The molecule has 0 fully saturated rings. The molecule has 0 saturated carbocycles. The third kappa shape index (κ3) is 2.68. The Labute approximate surface area is 111 Å². The minimum Gasteiger partial charge on any atom is -0.445 e. The minimum atomic E-state index is -0.221. The first kappa shape index (κ1) is 12.4. The Morgan fingerprint density at radius 1 is 1.32 bits per heavy atom. The number of rotatable bonds is 3. The van der Waals surface area contributed by atoms with E-state index in [1.165, 1.54) is 12.1 Å². The van der Waals surface area contributed by atoms with Gasteiger partial charge in [-0.15, -0.1) is 0 Å². The Kier molecular flexibility index (Phi) is 3.34. The van der Waals surface area contributed by atoms with Crippen LogP contribution in [-0.2, 0) is 19.3 Å². The number of aryl methyl sites for hydroxylation is 1. The molecule has 1 aromatic carbocycles. The molecule has 19 heavy (non-hydrogen) atoms. The summed E-state index contributed by atoms with van der Waals surface area (Å²) in [4.78, 5) is 4.55. The predicted molar refractivity (Wildman–Crippen MR) is 70.3 cm³/mol. The van der Waals surface area contributed by atoms with Gasteiger partial charge in [-0.1, -0.05) is 12.1 Å². The van der Waals surface area contributed by atoms with Gasteiger partial charge in [0.05, 0.1) is 5.69 Å². The van der Waals surface area contributed by atoms with Gasteiger partial charge in [0.25, 0.3) is 0 Å². The lowest BCUT2D eigenvalue weighted by atomic mass is 9.90. The van der Waals surface area contributed by atoms with Gasteiger partial charge < -0.3 is 10.2 Å². The van der Waals surface area contributed by atoms with E-state index in [1.807, 2.05) is 0 Å². The van der Waals surface area contributed by atoms with E-state index in [0.29, 0.717) is 24.8 Å². The molecule has 1 aliphatic carbocycles. The van der Waals surface area contributed by atoms with Gasteiger partial charge in [-0.05, 0) is 43.0 Å². The highest BCUT2D eigenvalue weighted by Crippen LogP contribution is 2.26. The van der Waals surface area contributed by atoms with Crippen LogP contribution in [0.2, 0.25) is 0 Å². The summed E-state index contributed by atoms with van der Waals surface area (Å²) in [7, 11) is 0. The van der Waals surface area contributed by atoms with E-state index in [9.17, 15) is 4.39 Å². The molecule has 0 radical (unpaired) electrons. The van der Waals surface area contributed by atoms with Crippen LogP contribution in [0.1, 0.15) is 29.3 Å². The highest BCUT2D eigenvalue weighted by atomic mass is 19.1. The molecular weight excluding hydrogens is 243 g/mol. The summed E-state index contributed by atoms with van der Waals surface area (Å²) in [6.07, 6.45) is 3.53. The van der Waals surface area contributed by atoms with Gasteiger partial charge in [0.15, 0.2) is 5.89 Å². The zero-order chi connectivity index (χ0) is 13.2. The van der Waals surface area contributed by atoms with Crippen molar-refractivity contribution in [1.29, 1.82) is 0 Å². The van der Waals surface area contributed by atoms with E-state index in [-0.39, 0.29) is 5.82 Å². The van der Waals surface area contributed by atoms with Crippen LogP contribution in [0.4, 0.5) is 4.39 Å². The maximum absolute atomic E-state index is 12.8. The van der Waals surface area contributed by atoms with Crippen LogP contribution in [0.5, 0.6) is 0 Å². The second-order valence-electron chi connectivity index (χ2n) is 5.13. The topological polar surface area (TPSA) is 52.0 Å². The van der Waals surface area contributed by atoms with Crippen LogP contribution in [0.3, 0.4) is 0 Å². The molecule has 3 rings (SSSR count). The van der Waals surface area contributed by atoms with Crippen LogP contribution >= 0.6 is 0 Å². The second-order valence-corrected chi connectivity index (χ2v) is 5.13. The van der Waals surface area contributed by atoms with E-state index in [0.717, 1.165) is 36.3 Å². The SMILES string of the molecule is NCC1CCc2oc(Cc3ccc(F)cc3)nc2C1. The van der Waals surface area contributed by atoms with Crippen LogP contribution in [-0.4, -0.2) is 11.5 Å². The Bertz CT molecular complexity index is 562. The molecule has 4 heteroatoms. The summed E-state index contributed by atoms with van der Waals surface area (Å²) in [5.74, 6) is 2.02. The molecule has 0 aliphatic heterocycles. The Balaban J connectivity index is 1.76. The fraction of sp³-hybridized carbons (Fsp3) is 0.400. The van der Waals surface area contributed by atoms with Gasteiger partial charge in [0.1, 0.15) is 11.6 Å². The lowest BCUT2D eigenvalue weighted by molar-refractivity contribution is 0.399. The normalized spacial score (nSPS) is 18.3. The van der Waals surface area contributed by atoms with Gasteiger partial charge in [0, 0.05) is 12.8 Å². The maximum Gasteiger partial charge on any atom is 0.199 e. The number of benzene rings is 1. The molecule has 1 aliphatic rings. The molecule has 3 nitrogen and oxygen atoms in total. The third-order valence-electron chi connectivity index (χ3n) is 3.69. The number of nitrogens with zero attached hydrogens (tertiary/aromatic N) is 1. The number of fused-ring (bicyclic) bond motifs is 1. The molecule has 0 bridgehead atoms. The summed E-state index contributed by atoms with van der Waals surface area (Å²) >= 11 is 0. The summed E-state index contributed by atoms with van der Waals surface area (Å²) in [5, 5.41) is 0. The fourth-order valence-electron chi connectivity index (χ4n) is 2.56. The lowest BCUT2D eigenvalue weighted by Crippen LogP contribution is -2.21. The van der Waals surface area contributed by atoms with Crippen LogP contribution in [0.15, 0.2) is 28.7 Å². The van der Waals surface area contributed by atoms with Crippen LogP contribution < -0.4 is 5.73 Å². The van der Waals surface area contributed by atoms with Gasteiger partial charge in [-0.2, -0.15) is 0 Å². The first-order valence-corrected chi connectivity index (χ1v) is 6.66. The Hall–Kier alpha value is -1.68. The molecule has 0 saturated heterocycles. The molecule has 2 N–H and O–H groups in total. The number of hydrogen-bond donors (Lipinski definition) is 1. The predicted octanol–water partition coefficient (Wildman–Crippen LogP) is 2.47. The van der Waals surface area contributed by atoms with E-state index in [4.69, 9.17) is 10.2 Å². The van der Waals surface area contributed by atoms with Gasteiger partial charge in [-0.25, -0.2) is 9.37 Å². The average molecular weight is 260 g/mol. The molecule has 0 amide bonds. The van der Waals surface area contributed by atoms with Crippen molar-refractivity contribution < 1.29 is 8.81 Å². The maximum atomic E-state index is 12.8. The first-order valence-electron chi connectivity index (χ1n) is 6.66. The zero-order valence-electron chi connectivity index (χ0n) is 10.7. The van der Waals surface area contributed by atoms with Crippen LogP contribution in [0.25, 0.3) is 0 Å². The van der Waals surface area contributed by atoms with E-state index >= 15 is 0 Å². The second kappa shape index (κ2) is 5.13. The molecule has 2 aromatic rings. The standard InChI is InChI=1S/C15H17FN2O/c16-12-4-1-10(2-5-12)8-15-18-13-7-11(9-17)3-6-14(13)19-15/h1-2,4-5,11H,3,6-9,17H2. The highest BCUT2D eigenvalue weighted by molar-refractivity contribution is 5.21. The van der Waals surface area contributed by atoms with Crippen molar-refractivity contribution in [1.82, 2.24) is 4.98 Å². The number of oxazole rings is 1. The van der Waals surface area contributed by atoms with Crippen molar-refractivity contribution in [3.05, 3.63) is 53.0 Å². The molecule has 0 spiro atoms. The molecular formula is C15H17FN2O. The van der Waals surface area contributed by atoms with Crippen molar-refractivity contribution in [2.75, 3.05) is 6.54 Å². The van der Waals surface area contributed by atoms with Gasteiger partial charge >= 0.3 is 0 Å². The summed E-state index contributed by atoms with van der Waals surface area (Å²) in [6, 6.07) is 6.45. The molecule has 1 aromatic heterocycles. The average Bonchev–Trinajstić information content (AvgIpc) is 2.82. The number of hydrogen-bond acceptors (Lipinski definition) is 3. The van der Waals surface area contributed by atoms with Crippen molar-refractivity contribution in [3.63, 3.8) is 0 Å². The third-order valence-corrected chi connectivity index (χ3v) is 3.69. The lowest BCUT2D eigenvalue weighted by Gasteiger charge is -2.17. The zero-order valence-corrected chi connectivity index (χ0v) is 10.7. The smallest absolute Gasteiger partial charge is 0.199 e. The number of aromatic nitrogens is 1. The fourth-order valence-corrected chi connectivity index (χ4v) is 2.56. The summed E-state index contributed by atoms with van der Waals surface area (Å²) in [5.41, 5.74) is 7.78. The molecule has 100 valence electrons. The number of halogens is 1. The molecule has 1 heterocycles. The number of nitrogens with two attached hydrogens (primary N) is 1. The first-order chi connectivity index (χ1) is 9.24. The van der Waals surface area contributed by atoms with Crippen molar-refractivity contribution in [2.45, 2.75) is 25.7 Å². The van der Waals surface area contributed by atoms with Crippen molar-refractivity contribution in [3.8, 4) is 0 Å². The quantitative estimate of drug-likeness (QED) is 0.922. The Morgan fingerprint density at radius 2 is 2.11 bits per heavy atom. The van der Waals surface area contributed by atoms with Gasteiger partial charge in [-0.3, -0.25) is 0 Å². The van der Waals surface area contributed by atoms with E-state index < -0.39 is 0 Å². The highest BCUT2D eigenvalue weighted by Gasteiger charge is 2.23. The van der Waals surface area contributed by atoms with Crippen LogP contribution in [0, 0.1) is 11.7 Å². The summed E-state index contributed by atoms with van der Waals surface area (Å²) in [6.45, 7) is 0.708. The van der Waals surface area contributed by atoms with Crippen molar-refractivity contribution in [2.24, 2.45) is 11.7 Å². The van der Waals surface area contributed by atoms with Gasteiger partial charge in [0.2, 0.25) is 0 Å². The largest absolute Gasteiger partial charge is 0.445 e. The molecule has 1 atom stereocenters. The minimum absolute atomic E-state index is 0.221. The molecule has 1 unspecified atom stereocenters. The summed E-state index contributed by atoms with van der Waals surface area (Å²) < 4.78 is 18.6. The Morgan fingerprint density at radius 3 is 2.84 bits per heavy atom. The van der Waals surface area contributed by atoms with E-state index in [1.54, 1.807) is 12.1 Å². The van der Waals surface area contributed by atoms with Crippen molar-refractivity contribution >= 4 is 0 Å². The van der Waals surface area contributed by atoms with E-state index in [2.05, 4.69) is 4.98 Å². The monoisotopic (exact) mass is 260 g/mol.